The number of sulfone groups is 1. The summed E-state index contributed by atoms with van der Waals surface area (Å²) in [5.74, 6) is -2.57. The van der Waals surface area contributed by atoms with Crippen LogP contribution in [-0.2, 0) is 32.5 Å². The number of aryl methyl sites for hydroxylation is 1. The van der Waals surface area contributed by atoms with E-state index in [0.717, 1.165) is 48.8 Å². The molecular formula is C25H28F2N4O6S. The number of nitrogens with one attached hydrogen (secondary N) is 1. The largest absolute Gasteiger partial charge is 0.379 e. The fraction of sp³-hybridized carbons (Fsp3) is 0.400. The summed E-state index contributed by atoms with van der Waals surface area (Å²) in [5, 5.41) is 8.87. The number of fused-ring (bicyclic) bond motifs is 1. The van der Waals surface area contributed by atoms with Crippen molar-refractivity contribution < 1.29 is 31.9 Å². The Morgan fingerprint density at radius 1 is 1.16 bits per heavy atom. The minimum absolute atomic E-state index is 0.0278. The highest BCUT2D eigenvalue weighted by molar-refractivity contribution is 7.92. The van der Waals surface area contributed by atoms with Crippen molar-refractivity contribution in [3.8, 4) is 11.1 Å². The van der Waals surface area contributed by atoms with Crippen LogP contribution in [0.4, 0.5) is 8.78 Å². The maximum atomic E-state index is 15.1. The number of rotatable bonds is 8. The molecule has 2 aromatic carbocycles. The average Bonchev–Trinajstić information content (AvgIpc) is 2.88. The normalized spacial score (nSPS) is 16.3. The molecule has 2 heterocycles. The van der Waals surface area contributed by atoms with Crippen LogP contribution >= 0.6 is 0 Å². The Morgan fingerprint density at radius 3 is 2.47 bits per heavy atom. The lowest BCUT2D eigenvalue weighted by Gasteiger charge is -2.26. The molecule has 1 amide bonds. The number of hydrogen-bond acceptors (Lipinski definition) is 8. The third kappa shape index (κ3) is 5.46. The van der Waals surface area contributed by atoms with Gasteiger partial charge in [0.1, 0.15) is 11.6 Å². The van der Waals surface area contributed by atoms with Crippen LogP contribution in [0.3, 0.4) is 0 Å². The molecule has 1 aliphatic heterocycles. The van der Waals surface area contributed by atoms with Crippen LogP contribution in [0.15, 0.2) is 41.5 Å². The molecule has 0 spiro atoms. The van der Waals surface area contributed by atoms with Crippen molar-refractivity contribution in [3.05, 3.63) is 64.2 Å². The van der Waals surface area contributed by atoms with Gasteiger partial charge in [-0.05, 0) is 37.1 Å². The second-order valence-electron chi connectivity index (χ2n) is 9.49. The van der Waals surface area contributed by atoms with E-state index in [-0.39, 0.29) is 35.0 Å². The monoisotopic (exact) mass is 550 g/mol. The second-order valence-corrected chi connectivity index (χ2v) is 11.9. The van der Waals surface area contributed by atoms with E-state index < -0.39 is 37.7 Å². The summed E-state index contributed by atoms with van der Waals surface area (Å²) in [6.45, 7) is 4.14. The van der Waals surface area contributed by atoms with Gasteiger partial charge in [-0.3, -0.25) is 24.3 Å². The number of carbonyl (C=O) groups is 1. The van der Waals surface area contributed by atoms with Gasteiger partial charge >= 0.3 is 0 Å². The van der Waals surface area contributed by atoms with Crippen LogP contribution in [0, 0.1) is 11.6 Å². The molecule has 4 rings (SSSR count). The summed E-state index contributed by atoms with van der Waals surface area (Å²) in [6, 6.07) is 6.84. The Labute approximate surface area is 217 Å². The van der Waals surface area contributed by atoms with Gasteiger partial charge in [-0.2, -0.15) is 0 Å². The molecule has 1 saturated heterocycles. The molecule has 2 N–H and O–H groups in total. The van der Waals surface area contributed by atoms with Gasteiger partial charge in [-0.15, -0.1) is 0 Å². The number of ether oxygens (including phenoxy) is 1. The highest BCUT2D eigenvalue weighted by atomic mass is 32.2. The van der Waals surface area contributed by atoms with E-state index in [1.807, 2.05) is 0 Å². The topological polar surface area (TPSA) is 131 Å². The lowest BCUT2D eigenvalue weighted by Crippen LogP contribution is -2.50. The first-order valence-electron chi connectivity index (χ1n) is 11.9. The molecule has 1 atom stereocenters. The minimum atomic E-state index is -3.97. The number of hydroxylamine groups is 1. The van der Waals surface area contributed by atoms with E-state index in [2.05, 4.69) is 9.88 Å². The van der Waals surface area contributed by atoms with Crippen molar-refractivity contribution in [2.45, 2.75) is 31.2 Å². The molecule has 1 fully saturated rings. The highest BCUT2D eigenvalue weighted by Gasteiger charge is 2.43. The number of benzene rings is 2. The Bertz CT molecular complexity index is 1540. The molecule has 13 heteroatoms. The first-order valence-corrected chi connectivity index (χ1v) is 13.8. The number of hydrogen-bond donors (Lipinski definition) is 2. The third-order valence-electron chi connectivity index (χ3n) is 6.98. The number of nitrogens with zero attached hydrogens (tertiary/aromatic N) is 3. The van der Waals surface area contributed by atoms with E-state index >= 15 is 8.78 Å². The molecule has 204 valence electrons. The van der Waals surface area contributed by atoms with Gasteiger partial charge in [-0.25, -0.2) is 27.7 Å². The van der Waals surface area contributed by atoms with Crippen molar-refractivity contribution >= 4 is 26.6 Å². The van der Waals surface area contributed by atoms with E-state index in [4.69, 9.17) is 9.94 Å². The molecule has 0 bridgehead atoms. The quantitative estimate of drug-likeness (QED) is 0.321. The maximum Gasteiger partial charge on any atom is 0.264 e. The summed E-state index contributed by atoms with van der Waals surface area (Å²) < 4.78 is 58.9. The Kier molecular flexibility index (Phi) is 7.93. The van der Waals surface area contributed by atoms with Crippen molar-refractivity contribution in [2.75, 3.05) is 32.6 Å². The predicted octanol–water partition coefficient (Wildman–Crippen LogP) is 1.87. The fourth-order valence-electron chi connectivity index (χ4n) is 4.36. The smallest absolute Gasteiger partial charge is 0.264 e. The predicted molar refractivity (Wildman–Crippen MR) is 135 cm³/mol. The summed E-state index contributed by atoms with van der Waals surface area (Å²) in [7, 11) is -3.97. The number of amides is 1. The van der Waals surface area contributed by atoms with E-state index in [9.17, 15) is 18.0 Å². The molecule has 0 unspecified atom stereocenters. The van der Waals surface area contributed by atoms with Gasteiger partial charge in [0.05, 0.1) is 30.4 Å². The van der Waals surface area contributed by atoms with Gasteiger partial charge < -0.3 is 4.74 Å². The zero-order chi connectivity index (χ0) is 27.7. The average molecular weight is 551 g/mol. The minimum Gasteiger partial charge on any atom is -0.379 e. The fourth-order valence-corrected chi connectivity index (χ4v) is 5.20. The van der Waals surface area contributed by atoms with Crippen LogP contribution in [-0.4, -0.2) is 71.3 Å². The number of halogens is 2. The summed E-state index contributed by atoms with van der Waals surface area (Å²) >= 11 is 0. The van der Waals surface area contributed by atoms with Gasteiger partial charge in [0.2, 0.25) is 0 Å². The first-order chi connectivity index (χ1) is 17.9. The molecule has 10 nitrogen and oxygen atoms in total. The molecule has 0 radical (unpaired) electrons. The molecule has 1 aromatic heterocycles. The van der Waals surface area contributed by atoms with Crippen LogP contribution < -0.4 is 11.0 Å². The summed E-state index contributed by atoms with van der Waals surface area (Å²) in [4.78, 5) is 31.4. The van der Waals surface area contributed by atoms with E-state index in [0.29, 0.717) is 19.8 Å². The third-order valence-corrected chi connectivity index (χ3v) is 9.00. The summed E-state index contributed by atoms with van der Waals surface area (Å²) in [5.41, 5.74) is 1.52. The Morgan fingerprint density at radius 2 is 1.84 bits per heavy atom. The molecule has 3 aromatic rings. The maximum absolute atomic E-state index is 15.1. The van der Waals surface area contributed by atoms with Crippen molar-refractivity contribution in [1.82, 2.24) is 19.9 Å². The van der Waals surface area contributed by atoms with Crippen LogP contribution in [0.5, 0.6) is 0 Å². The number of aromatic nitrogens is 2. The van der Waals surface area contributed by atoms with E-state index in [1.165, 1.54) is 23.7 Å². The molecule has 0 saturated carbocycles. The van der Waals surface area contributed by atoms with Gasteiger partial charge in [-0.1, -0.05) is 12.1 Å². The van der Waals surface area contributed by atoms with Crippen molar-refractivity contribution in [2.24, 2.45) is 0 Å². The lowest BCUT2D eigenvalue weighted by molar-refractivity contribution is -0.131. The first kappa shape index (κ1) is 27.8. The zero-order valence-corrected chi connectivity index (χ0v) is 21.7. The Hall–Kier alpha value is -3.26. The van der Waals surface area contributed by atoms with Crippen molar-refractivity contribution in [3.63, 3.8) is 0 Å². The SMILES string of the molecule is C[C@@](CCn1cnc2cc(-c3ccc(CN4CCOCC4)cc3F)c(F)cc2c1=O)(C(=O)NO)S(C)(=O)=O. The van der Waals surface area contributed by atoms with E-state index in [1.54, 1.807) is 6.07 Å². The zero-order valence-electron chi connectivity index (χ0n) is 20.9. The van der Waals surface area contributed by atoms with Crippen LogP contribution in [0.1, 0.15) is 18.9 Å². The standard InChI is InChI=1S/C25H28F2N4O6S/c1-25(24(33)29-34,38(2,35)36)5-6-31-15-28-22-13-18(21(27)12-19(22)23(31)32)17-4-3-16(11-20(17)26)14-30-7-9-37-10-8-30/h3-4,11-13,15,34H,5-10,14H2,1-2H3,(H,29,33)/t25-/m1/s1. The summed E-state index contributed by atoms with van der Waals surface area (Å²) in [6.07, 6.45) is 1.64. The van der Waals surface area contributed by atoms with Crippen LogP contribution in [0.25, 0.3) is 22.0 Å². The highest BCUT2D eigenvalue weighted by Crippen LogP contribution is 2.29. The number of morpholine rings is 1. The number of carbonyl (C=O) groups excluding carboxylic acids is 1. The van der Waals surface area contributed by atoms with Gasteiger partial charge in [0.15, 0.2) is 14.6 Å². The molecule has 38 heavy (non-hydrogen) atoms. The molecule has 1 aliphatic rings. The van der Waals surface area contributed by atoms with Gasteiger partial charge in [0.25, 0.3) is 11.5 Å². The second kappa shape index (κ2) is 10.8. The van der Waals surface area contributed by atoms with Gasteiger partial charge in [0, 0.05) is 43.6 Å². The Balaban J connectivity index is 1.62. The molecular weight excluding hydrogens is 522 g/mol. The van der Waals surface area contributed by atoms with Crippen LogP contribution in [0.2, 0.25) is 0 Å². The lowest BCUT2D eigenvalue weighted by atomic mass is 10.0. The van der Waals surface area contributed by atoms with Crippen molar-refractivity contribution in [1.29, 1.82) is 0 Å². The molecule has 0 aliphatic carbocycles.